The SMILES string of the molecule is Cc1cc(C)cc(P(Cc2ccc3ccccc3c2-c2c(CP(c3cc(C)cc(C)c3)c3cc(C)cc(C)c3)ccc3ccccc23)c2cc(C)cc(C)c2)c1. The molecule has 0 aromatic heterocycles. The highest BCUT2D eigenvalue weighted by atomic mass is 31.1. The van der Waals surface area contributed by atoms with Gasteiger partial charge < -0.3 is 0 Å². The first-order valence-corrected chi connectivity index (χ1v) is 22.9. The summed E-state index contributed by atoms with van der Waals surface area (Å²) in [4.78, 5) is 0. The maximum absolute atomic E-state index is 2.46. The maximum atomic E-state index is 2.46. The number of rotatable bonds is 9. The zero-order valence-electron chi connectivity index (χ0n) is 34.2. The molecule has 8 aromatic carbocycles. The predicted octanol–water partition coefficient (Wildman–Crippen LogP) is 13.4. The van der Waals surface area contributed by atoms with E-state index in [4.69, 9.17) is 0 Å². The maximum Gasteiger partial charge on any atom is 0.00138 e. The van der Waals surface area contributed by atoms with Crippen molar-refractivity contribution in [1.29, 1.82) is 0 Å². The first kappa shape index (κ1) is 38.0. The van der Waals surface area contributed by atoms with Crippen LogP contribution in [0.5, 0.6) is 0 Å². The van der Waals surface area contributed by atoms with Crippen LogP contribution in [-0.2, 0) is 12.3 Å². The Hall–Kier alpha value is -4.86. The number of fused-ring (bicyclic) bond motifs is 2. The summed E-state index contributed by atoms with van der Waals surface area (Å²) in [6.07, 6.45) is 1.93. The molecule has 0 bridgehead atoms. The van der Waals surface area contributed by atoms with Crippen LogP contribution in [0.1, 0.15) is 55.6 Å². The van der Waals surface area contributed by atoms with Gasteiger partial charge in [-0.1, -0.05) is 190 Å². The molecular weight excluding hydrogens is 711 g/mol. The van der Waals surface area contributed by atoms with E-state index in [2.05, 4.69) is 201 Å². The Morgan fingerprint density at radius 1 is 0.304 bits per heavy atom. The van der Waals surface area contributed by atoms with E-state index in [0.717, 1.165) is 12.3 Å². The van der Waals surface area contributed by atoms with Crippen molar-refractivity contribution < 1.29 is 0 Å². The second-order valence-corrected chi connectivity index (χ2v) is 20.6. The molecule has 8 rings (SSSR count). The summed E-state index contributed by atoms with van der Waals surface area (Å²) >= 11 is 0. The Kier molecular flexibility index (Phi) is 10.8. The van der Waals surface area contributed by atoms with Crippen LogP contribution in [0.4, 0.5) is 0 Å². The summed E-state index contributed by atoms with van der Waals surface area (Å²) in [6.45, 7) is 18.0. The van der Waals surface area contributed by atoms with Crippen LogP contribution in [0.3, 0.4) is 0 Å². The summed E-state index contributed by atoms with van der Waals surface area (Å²) in [7, 11) is -1.41. The lowest BCUT2D eigenvalue weighted by Crippen LogP contribution is -2.16. The largest absolute Gasteiger partial charge is 0.0616 e. The van der Waals surface area contributed by atoms with Crippen LogP contribution < -0.4 is 21.2 Å². The van der Waals surface area contributed by atoms with Crippen molar-refractivity contribution in [3.8, 4) is 11.1 Å². The van der Waals surface area contributed by atoms with Crippen molar-refractivity contribution in [2.75, 3.05) is 0 Å². The van der Waals surface area contributed by atoms with Gasteiger partial charge in [-0.25, -0.2) is 0 Å². The normalized spacial score (nSPS) is 11.7. The fourth-order valence-corrected chi connectivity index (χ4v) is 14.3. The van der Waals surface area contributed by atoms with E-state index in [1.807, 2.05) is 0 Å². The van der Waals surface area contributed by atoms with Gasteiger partial charge in [0.2, 0.25) is 0 Å². The molecule has 8 aromatic rings. The third kappa shape index (κ3) is 8.02. The van der Waals surface area contributed by atoms with Gasteiger partial charge in [0.25, 0.3) is 0 Å². The van der Waals surface area contributed by atoms with Crippen molar-refractivity contribution in [2.45, 2.75) is 67.7 Å². The van der Waals surface area contributed by atoms with Crippen LogP contribution in [-0.4, -0.2) is 0 Å². The average Bonchev–Trinajstić information content (AvgIpc) is 3.14. The van der Waals surface area contributed by atoms with Crippen molar-refractivity contribution in [2.24, 2.45) is 0 Å². The third-order valence-electron chi connectivity index (χ3n) is 11.0. The van der Waals surface area contributed by atoms with Gasteiger partial charge in [-0.15, -0.1) is 0 Å². The highest BCUT2D eigenvalue weighted by Gasteiger charge is 2.25. The Balaban J connectivity index is 1.40. The minimum absolute atomic E-state index is 0.706. The molecule has 0 aliphatic heterocycles. The van der Waals surface area contributed by atoms with Gasteiger partial charge in [0.15, 0.2) is 0 Å². The smallest absolute Gasteiger partial charge is 0.00138 e. The monoisotopic (exact) mass is 762 g/mol. The van der Waals surface area contributed by atoms with Gasteiger partial charge in [0, 0.05) is 12.3 Å². The van der Waals surface area contributed by atoms with E-state index in [1.165, 1.54) is 110 Å². The van der Waals surface area contributed by atoms with Crippen molar-refractivity contribution in [3.63, 3.8) is 0 Å². The minimum atomic E-state index is -0.706. The second kappa shape index (κ2) is 15.9. The fraction of sp³-hybridized carbons (Fsp3) is 0.185. The summed E-state index contributed by atoms with van der Waals surface area (Å²) in [5, 5.41) is 11.1. The molecule has 0 nitrogen and oxygen atoms in total. The molecule has 0 radical (unpaired) electrons. The molecule has 0 unspecified atom stereocenters. The van der Waals surface area contributed by atoms with E-state index in [-0.39, 0.29) is 0 Å². The van der Waals surface area contributed by atoms with E-state index >= 15 is 0 Å². The molecule has 0 N–H and O–H groups in total. The molecule has 56 heavy (non-hydrogen) atoms. The molecule has 0 aliphatic rings. The molecule has 0 saturated carbocycles. The molecule has 0 atom stereocenters. The summed E-state index contributed by atoms with van der Waals surface area (Å²) in [5.41, 5.74) is 16.3. The molecule has 0 heterocycles. The van der Waals surface area contributed by atoms with Crippen LogP contribution in [0.25, 0.3) is 32.7 Å². The van der Waals surface area contributed by atoms with Gasteiger partial charge in [-0.3, -0.25) is 0 Å². The highest BCUT2D eigenvalue weighted by molar-refractivity contribution is 7.72. The van der Waals surface area contributed by atoms with Crippen LogP contribution >= 0.6 is 15.8 Å². The Bertz CT molecular complexity index is 2380. The molecule has 278 valence electrons. The lowest BCUT2D eigenvalue weighted by Gasteiger charge is -2.26. The number of hydrogen-bond acceptors (Lipinski definition) is 0. The molecule has 0 amide bonds. The topological polar surface area (TPSA) is 0 Å². The lowest BCUT2D eigenvalue weighted by atomic mass is 9.88. The molecule has 0 saturated heterocycles. The molecular formula is C54H52P2. The zero-order valence-corrected chi connectivity index (χ0v) is 36.0. The average molecular weight is 763 g/mol. The van der Waals surface area contributed by atoms with Crippen molar-refractivity contribution in [1.82, 2.24) is 0 Å². The Labute approximate surface area is 337 Å². The van der Waals surface area contributed by atoms with Gasteiger partial charge >= 0.3 is 0 Å². The number of benzene rings is 8. The van der Waals surface area contributed by atoms with Crippen LogP contribution in [0.2, 0.25) is 0 Å². The highest BCUT2D eigenvalue weighted by Crippen LogP contribution is 2.48. The van der Waals surface area contributed by atoms with Crippen LogP contribution in [0.15, 0.2) is 146 Å². The predicted molar refractivity (Wildman–Crippen MR) is 250 cm³/mol. The number of aryl methyl sites for hydroxylation is 8. The molecule has 0 spiro atoms. The van der Waals surface area contributed by atoms with Gasteiger partial charge in [-0.2, -0.15) is 0 Å². The van der Waals surface area contributed by atoms with Gasteiger partial charge in [0.05, 0.1) is 0 Å². The Morgan fingerprint density at radius 2 is 0.571 bits per heavy atom. The third-order valence-corrected chi connectivity index (χ3v) is 15.9. The zero-order chi connectivity index (χ0) is 39.1. The van der Waals surface area contributed by atoms with Gasteiger partial charge in [-0.05, 0) is 136 Å². The molecule has 0 fully saturated rings. The number of hydrogen-bond donors (Lipinski definition) is 0. The quantitative estimate of drug-likeness (QED) is 0.129. The van der Waals surface area contributed by atoms with E-state index in [0.29, 0.717) is 0 Å². The first-order valence-electron chi connectivity index (χ1n) is 19.9. The van der Waals surface area contributed by atoms with Crippen molar-refractivity contribution >= 4 is 58.6 Å². The Morgan fingerprint density at radius 3 is 0.857 bits per heavy atom. The van der Waals surface area contributed by atoms with E-state index < -0.39 is 15.8 Å². The molecule has 0 aliphatic carbocycles. The van der Waals surface area contributed by atoms with E-state index in [1.54, 1.807) is 0 Å². The minimum Gasteiger partial charge on any atom is -0.0616 e. The second-order valence-electron chi connectivity index (χ2n) is 16.2. The fourth-order valence-electron chi connectivity index (χ4n) is 8.92. The van der Waals surface area contributed by atoms with Crippen molar-refractivity contribution in [3.05, 3.63) is 201 Å². The van der Waals surface area contributed by atoms with E-state index in [9.17, 15) is 0 Å². The first-order chi connectivity index (χ1) is 27.0. The summed E-state index contributed by atoms with van der Waals surface area (Å²) in [5.74, 6) is 0. The standard InChI is InChI=1S/C54H52P2/c1-35-21-36(2)26-47(25-35)55(48-27-37(3)22-38(4)28-48)33-45-19-17-43-13-9-11-15-51(43)53(45)54-46(20-18-44-14-10-12-16-52(44)54)34-56(49-29-39(5)23-40(6)30-49)50-31-41(7)24-42(8)32-50/h9-32H,33-34H2,1-8H3. The summed E-state index contributed by atoms with van der Waals surface area (Å²) < 4.78 is 0. The summed E-state index contributed by atoms with van der Waals surface area (Å²) in [6, 6.07) is 56.6. The van der Waals surface area contributed by atoms with Gasteiger partial charge in [0.1, 0.15) is 0 Å². The molecule has 2 heteroatoms. The lowest BCUT2D eigenvalue weighted by molar-refractivity contribution is 1.36. The van der Waals surface area contributed by atoms with Crippen LogP contribution in [0, 0.1) is 55.4 Å².